The number of thiophene rings is 1. The summed E-state index contributed by atoms with van der Waals surface area (Å²) in [5.74, 6) is 0.208. The zero-order valence-corrected chi connectivity index (χ0v) is 17.6. The molecule has 9 heteroatoms. The van der Waals surface area contributed by atoms with Crippen molar-refractivity contribution in [3.63, 3.8) is 0 Å². The monoisotopic (exact) mass is 460 g/mol. The van der Waals surface area contributed by atoms with E-state index < -0.39 is 6.61 Å². The third-order valence-corrected chi connectivity index (χ3v) is 5.61. The number of ether oxygens (including phenoxy) is 2. The normalized spacial score (nSPS) is 11.8. The molecule has 0 fully saturated rings. The van der Waals surface area contributed by atoms with E-state index in [0.29, 0.717) is 15.8 Å². The van der Waals surface area contributed by atoms with Crippen molar-refractivity contribution in [1.82, 2.24) is 9.97 Å². The number of rotatable bonds is 6. The van der Waals surface area contributed by atoms with Crippen LogP contribution >= 0.6 is 22.9 Å². The molecule has 1 N–H and O–H groups in total. The molecule has 0 aliphatic heterocycles. The van der Waals surface area contributed by atoms with Gasteiger partial charge in [-0.1, -0.05) is 48.0 Å². The van der Waals surface area contributed by atoms with E-state index in [1.807, 2.05) is 35.7 Å². The highest BCUT2D eigenvalue weighted by Gasteiger charge is 2.15. The second-order valence-corrected chi connectivity index (χ2v) is 7.66. The van der Waals surface area contributed by atoms with Gasteiger partial charge in [-0.25, -0.2) is 4.98 Å². The number of alkyl halides is 2. The summed E-state index contributed by atoms with van der Waals surface area (Å²) in [4.78, 5) is 20.5. The van der Waals surface area contributed by atoms with Crippen molar-refractivity contribution < 1.29 is 18.3 Å². The summed E-state index contributed by atoms with van der Waals surface area (Å²) in [7, 11) is 1.35. The average molecular weight is 461 g/mol. The fourth-order valence-electron chi connectivity index (χ4n) is 3.08. The van der Waals surface area contributed by atoms with Gasteiger partial charge in [-0.05, 0) is 29.3 Å². The summed E-state index contributed by atoms with van der Waals surface area (Å²) >= 11 is 7.72. The molecule has 0 saturated heterocycles. The lowest BCUT2D eigenvalue weighted by molar-refractivity contribution is -0.0512. The van der Waals surface area contributed by atoms with Gasteiger partial charge < -0.3 is 14.5 Å². The predicted molar refractivity (Wildman–Crippen MR) is 119 cm³/mol. The van der Waals surface area contributed by atoms with Crippen molar-refractivity contribution in [2.45, 2.75) is 6.61 Å². The van der Waals surface area contributed by atoms with Gasteiger partial charge in [0.15, 0.2) is 17.3 Å². The van der Waals surface area contributed by atoms with Crippen molar-refractivity contribution in [1.29, 1.82) is 0 Å². The molecule has 4 aromatic rings. The number of aromatic nitrogens is 2. The molecule has 0 aliphatic carbocycles. The van der Waals surface area contributed by atoms with E-state index in [1.165, 1.54) is 36.7 Å². The molecule has 0 atom stereocenters. The van der Waals surface area contributed by atoms with E-state index in [9.17, 15) is 13.6 Å². The number of hydrogen-bond acceptors (Lipinski definition) is 5. The van der Waals surface area contributed by atoms with E-state index in [1.54, 1.807) is 6.07 Å². The van der Waals surface area contributed by atoms with Gasteiger partial charge in [0.1, 0.15) is 4.83 Å². The number of nitrogens with zero attached hydrogens (tertiary/aromatic N) is 1. The number of aromatic amines is 1. The van der Waals surface area contributed by atoms with Gasteiger partial charge in [-0.2, -0.15) is 8.78 Å². The molecule has 5 nitrogen and oxygen atoms in total. The first-order chi connectivity index (χ1) is 15.0. The predicted octanol–water partition coefficient (Wildman–Crippen LogP) is 6.00. The van der Waals surface area contributed by atoms with E-state index in [0.717, 1.165) is 11.1 Å². The van der Waals surface area contributed by atoms with Crippen molar-refractivity contribution in [2.75, 3.05) is 7.11 Å². The van der Waals surface area contributed by atoms with Crippen LogP contribution in [0.15, 0.2) is 58.7 Å². The van der Waals surface area contributed by atoms with Crippen molar-refractivity contribution in [2.24, 2.45) is 0 Å². The number of methoxy groups -OCH3 is 1. The topological polar surface area (TPSA) is 64.2 Å². The van der Waals surface area contributed by atoms with Crippen LogP contribution in [0, 0.1) is 0 Å². The van der Waals surface area contributed by atoms with Crippen molar-refractivity contribution in [3.05, 3.63) is 75.7 Å². The van der Waals surface area contributed by atoms with Crippen LogP contribution in [0.5, 0.6) is 11.5 Å². The fraction of sp³-hybridized carbons (Fsp3) is 0.0909. The average Bonchev–Trinajstić information content (AvgIpc) is 3.19. The zero-order valence-electron chi connectivity index (χ0n) is 16.1. The molecule has 0 amide bonds. The summed E-state index contributed by atoms with van der Waals surface area (Å²) in [6, 6.07) is 14.0. The Bertz CT molecular complexity index is 1320. The SMILES string of the molecule is COc1ccc(/C=C(\Cl)c2nc3scc(-c4ccccc4)c3c(=O)[nH]2)cc1OC(F)F. The second-order valence-electron chi connectivity index (χ2n) is 6.39. The maximum atomic E-state index is 12.8. The molecule has 2 aromatic carbocycles. The minimum atomic E-state index is -3.00. The number of benzene rings is 2. The van der Waals surface area contributed by atoms with Crippen LogP contribution < -0.4 is 15.0 Å². The van der Waals surface area contributed by atoms with Crippen molar-refractivity contribution >= 4 is 44.3 Å². The van der Waals surface area contributed by atoms with Crippen LogP contribution in [0.2, 0.25) is 0 Å². The minimum absolute atomic E-state index is 0.126. The molecule has 158 valence electrons. The van der Waals surface area contributed by atoms with Gasteiger partial charge in [0.05, 0.1) is 17.5 Å². The molecule has 0 spiro atoms. The highest BCUT2D eigenvalue weighted by atomic mass is 35.5. The molecular formula is C22H15ClF2N2O3S. The minimum Gasteiger partial charge on any atom is -0.493 e. The Hall–Kier alpha value is -3.23. The van der Waals surface area contributed by atoms with Gasteiger partial charge >= 0.3 is 6.61 Å². The van der Waals surface area contributed by atoms with Gasteiger partial charge in [-0.3, -0.25) is 4.79 Å². The Morgan fingerprint density at radius 3 is 2.68 bits per heavy atom. The first-order valence-electron chi connectivity index (χ1n) is 9.03. The van der Waals surface area contributed by atoms with Gasteiger partial charge in [-0.15, -0.1) is 11.3 Å². The molecule has 0 saturated carbocycles. The molecule has 2 heterocycles. The van der Waals surface area contributed by atoms with E-state index in [-0.39, 0.29) is 27.9 Å². The van der Waals surface area contributed by atoms with Gasteiger partial charge in [0, 0.05) is 10.9 Å². The summed E-state index contributed by atoms with van der Waals surface area (Å²) in [5, 5.41) is 2.50. The Morgan fingerprint density at radius 1 is 1.19 bits per heavy atom. The Kier molecular flexibility index (Phi) is 6.01. The maximum Gasteiger partial charge on any atom is 0.387 e. The summed E-state index contributed by atoms with van der Waals surface area (Å²) < 4.78 is 34.8. The van der Waals surface area contributed by atoms with Crippen molar-refractivity contribution in [3.8, 4) is 22.6 Å². The lowest BCUT2D eigenvalue weighted by atomic mass is 10.1. The molecule has 2 aromatic heterocycles. The quantitative estimate of drug-likeness (QED) is 0.383. The lowest BCUT2D eigenvalue weighted by Gasteiger charge is -2.10. The third-order valence-electron chi connectivity index (χ3n) is 4.45. The second kappa shape index (κ2) is 8.87. The van der Waals surface area contributed by atoms with Crippen LogP contribution in [0.1, 0.15) is 11.4 Å². The first kappa shape index (κ1) is 21.0. The summed E-state index contributed by atoms with van der Waals surface area (Å²) in [5.41, 5.74) is 1.87. The number of hydrogen-bond donors (Lipinski definition) is 1. The largest absolute Gasteiger partial charge is 0.493 e. The van der Waals surface area contributed by atoms with E-state index in [2.05, 4.69) is 14.7 Å². The Balaban J connectivity index is 1.72. The van der Waals surface area contributed by atoms with Crippen LogP contribution in [0.4, 0.5) is 8.78 Å². The van der Waals surface area contributed by atoms with Crippen LogP contribution in [0.3, 0.4) is 0 Å². The molecule has 0 radical (unpaired) electrons. The maximum absolute atomic E-state index is 12.8. The summed E-state index contributed by atoms with van der Waals surface area (Å²) in [6.45, 7) is -3.00. The van der Waals surface area contributed by atoms with Crippen LogP contribution in [-0.4, -0.2) is 23.7 Å². The molecule has 31 heavy (non-hydrogen) atoms. The number of H-pyrrole nitrogens is 1. The molecular weight excluding hydrogens is 446 g/mol. The first-order valence-corrected chi connectivity index (χ1v) is 10.3. The van der Waals surface area contributed by atoms with E-state index in [4.69, 9.17) is 16.3 Å². The standard InChI is InChI=1S/C22H15ClF2N2O3S/c1-29-16-8-7-12(10-17(16)30-22(24)25)9-15(23)19-26-20(28)18-14(11-31-21(18)27-19)13-5-3-2-4-6-13/h2-11,22H,1H3,(H,26,27,28)/b15-9-. The van der Waals surface area contributed by atoms with E-state index >= 15 is 0 Å². The van der Waals surface area contributed by atoms with Gasteiger partial charge in [0.25, 0.3) is 5.56 Å². The number of nitrogens with one attached hydrogen (secondary N) is 1. The fourth-order valence-corrected chi connectivity index (χ4v) is 4.24. The Labute approximate surface area is 184 Å². The highest BCUT2D eigenvalue weighted by Crippen LogP contribution is 2.33. The molecule has 0 bridgehead atoms. The van der Waals surface area contributed by atoms with Crippen LogP contribution in [-0.2, 0) is 0 Å². The lowest BCUT2D eigenvalue weighted by Crippen LogP contribution is -2.10. The molecule has 4 rings (SSSR count). The highest BCUT2D eigenvalue weighted by molar-refractivity contribution is 7.17. The zero-order chi connectivity index (χ0) is 22.0. The van der Waals surface area contributed by atoms with Gasteiger partial charge in [0.2, 0.25) is 0 Å². The number of fused-ring (bicyclic) bond motifs is 1. The number of halogens is 3. The van der Waals surface area contributed by atoms with Crippen LogP contribution in [0.25, 0.3) is 32.5 Å². The third kappa shape index (κ3) is 4.45. The molecule has 0 aliphatic rings. The Morgan fingerprint density at radius 2 is 1.97 bits per heavy atom. The molecule has 0 unspecified atom stereocenters. The summed E-state index contributed by atoms with van der Waals surface area (Å²) in [6.07, 6.45) is 1.50. The smallest absolute Gasteiger partial charge is 0.387 e.